The first-order valence-corrected chi connectivity index (χ1v) is 5.64. The maximum atomic E-state index is 8.56. The van der Waals surface area contributed by atoms with Crippen molar-refractivity contribution < 1.29 is 5.21 Å². The van der Waals surface area contributed by atoms with Crippen molar-refractivity contribution in [2.24, 2.45) is 10.9 Å². The lowest BCUT2D eigenvalue weighted by Gasteiger charge is -2.28. The molecule has 1 saturated heterocycles. The molecule has 1 heterocycles. The predicted octanol–water partition coefficient (Wildman–Crippen LogP) is 1.77. The first-order chi connectivity index (χ1) is 7.81. The highest BCUT2D eigenvalue weighted by molar-refractivity contribution is 5.97. The second-order valence-electron chi connectivity index (χ2n) is 4.08. The zero-order chi connectivity index (χ0) is 11.4. The lowest BCUT2D eigenvalue weighted by molar-refractivity contribution is 0.318. The number of piperidine rings is 1. The summed E-state index contributed by atoms with van der Waals surface area (Å²) >= 11 is 0. The second-order valence-corrected chi connectivity index (χ2v) is 4.08. The van der Waals surface area contributed by atoms with Crippen molar-refractivity contribution in [1.29, 1.82) is 0 Å². The number of hydrogen-bond donors (Lipinski definition) is 2. The molecule has 0 spiro atoms. The molecule has 0 bridgehead atoms. The van der Waals surface area contributed by atoms with Gasteiger partial charge in [0.05, 0.1) is 0 Å². The summed E-state index contributed by atoms with van der Waals surface area (Å²) in [5, 5.41) is 11.5. The van der Waals surface area contributed by atoms with Gasteiger partial charge in [-0.3, -0.25) is 0 Å². The molecule has 1 aromatic carbocycles. The first-order valence-electron chi connectivity index (χ1n) is 5.64. The van der Waals surface area contributed by atoms with Crippen LogP contribution in [0, 0.1) is 0 Å². The Morgan fingerprint density at radius 2 is 1.75 bits per heavy atom. The van der Waals surface area contributed by atoms with E-state index in [0.29, 0.717) is 0 Å². The molecule has 1 aliphatic heterocycles. The van der Waals surface area contributed by atoms with Crippen LogP contribution in [0.4, 0.5) is 5.69 Å². The fraction of sp³-hybridized carbons (Fsp3) is 0.417. The largest absolute Gasteiger partial charge is 0.409 e. The molecule has 4 nitrogen and oxygen atoms in total. The molecule has 1 fully saturated rings. The molecule has 0 radical (unpaired) electrons. The summed E-state index contributed by atoms with van der Waals surface area (Å²) in [5.41, 5.74) is 7.48. The molecule has 0 amide bonds. The van der Waals surface area contributed by atoms with E-state index in [0.717, 1.165) is 18.7 Å². The third-order valence-electron chi connectivity index (χ3n) is 2.99. The summed E-state index contributed by atoms with van der Waals surface area (Å²) in [4.78, 5) is 2.37. The van der Waals surface area contributed by atoms with Gasteiger partial charge in [-0.25, -0.2) is 0 Å². The van der Waals surface area contributed by atoms with E-state index in [9.17, 15) is 0 Å². The molecule has 0 unspecified atom stereocenters. The van der Waals surface area contributed by atoms with Gasteiger partial charge in [0, 0.05) is 24.3 Å². The van der Waals surface area contributed by atoms with Gasteiger partial charge in [-0.1, -0.05) is 5.16 Å². The number of nitrogens with two attached hydrogens (primary N) is 1. The molecular formula is C12H17N3O. The average Bonchev–Trinajstić information content (AvgIpc) is 2.39. The fourth-order valence-electron chi connectivity index (χ4n) is 2.05. The van der Waals surface area contributed by atoms with Gasteiger partial charge in [-0.2, -0.15) is 0 Å². The van der Waals surface area contributed by atoms with Gasteiger partial charge >= 0.3 is 0 Å². The van der Waals surface area contributed by atoms with Crippen LogP contribution in [-0.2, 0) is 0 Å². The van der Waals surface area contributed by atoms with E-state index >= 15 is 0 Å². The van der Waals surface area contributed by atoms with Crippen molar-refractivity contribution in [2.75, 3.05) is 18.0 Å². The molecule has 0 saturated carbocycles. The Labute approximate surface area is 95.4 Å². The highest BCUT2D eigenvalue weighted by Crippen LogP contribution is 2.19. The molecular weight excluding hydrogens is 202 g/mol. The van der Waals surface area contributed by atoms with E-state index in [4.69, 9.17) is 10.9 Å². The Kier molecular flexibility index (Phi) is 3.29. The maximum Gasteiger partial charge on any atom is 0.170 e. The Hall–Kier alpha value is -1.71. The number of hydrogen-bond acceptors (Lipinski definition) is 3. The van der Waals surface area contributed by atoms with Crippen molar-refractivity contribution in [1.82, 2.24) is 0 Å². The van der Waals surface area contributed by atoms with Gasteiger partial charge in [-0.05, 0) is 43.5 Å². The summed E-state index contributed by atoms with van der Waals surface area (Å²) in [6.45, 7) is 2.26. The number of amidine groups is 1. The highest BCUT2D eigenvalue weighted by atomic mass is 16.4. The summed E-state index contributed by atoms with van der Waals surface area (Å²) < 4.78 is 0. The van der Waals surface area contributed by atoms with E-state index in [2.05, 4.69) is 10.1 Å². The van der Waals surface area contributed by atoms with E-state index in [-0.39, 0.29) is 5.84 Å². The van der Waals surface area contributed by atoms with Crippen molar-refractivity contribution >= 4 is 11.5 Å². The van der Waals surface area contributed by atoms with Crippen molar-refractivity contribution in [3.05, 3.63) is 29.8 Å². The molecule has 2 rings (SSSR count). The molecule has 86 valence electrons. The monoisotopic (exact) mass is 219 g/mol. The minimum absolute atomic E-state index is 0.158. The molecule has 0 aromatic heterocycles. The fourth-order valence-corrected chi connectivity index (χ4v) is 2.05. The van der Waals surface area contributed by atoms with Gasteiger partial charge in [0.2, 0.25) is 0 Å². The SMILES string of the molecule is N/C(=N/O)c1ccc(N2CCCCC2)cc1. The average molecular weight is 219 g/mol. The van der Waals surface area contributed by atoms with Crippen LogP contribution in [0.15, 0.2) is 29.4 Å². The Balaban J connectivity index is 2.12. The van der Waals surface area contributed by atoms with Crippen LogP contribution in [0.25, 0.3) is 0 Å². The van der Waals surface area contributed by atoms with Gasteiger partial charge in [-0.15, -0.1) is 0 Å². The number of rotatable bonds is 2. The normalized spacial score (nSPS) is 17.5. The topological polar surface area (TPSA) is 61.9 Å². The predicted molar refractivity (Wildman–Crippen MR) is 65.0 cm³/mol. The quantitative estimate of drug-likeness (QED) is 0.345. The van der Waals surface area contributed by atoms with Gasteiger partial charge < -0.3 is 15.8 Å². The lowest BCUT2D eigenvalue weighted by Crippen LogP contribution is -2.29. The summed E-state index contributed by atoms with van der Waals surface area (Å²) in [7, 11) is 0. The molecule has 3 N–H and O–H groups in total. The minimum Gasteiger partial charge on any atom is -0.409 e. The van der Waals surface area contributed by atoms with Crippen LogP contribution < -0.4 is 10.6 Å². The summed E-state index contributed by atoms with van der Waals surface area (Å²) in [6.07, 6.45) is 3.86. The molecule has 0 atom stereocenters. The van der Waals surface area contributed by atoms with E-state index in [1.54, 1.807) is 0 Å². The minimum atomic E-state index is 0.158. The Bertz CT molecular complexity index is 366. The third-order valence-corrected chi connectivity index (χ3v) is 2.99. The smallest absolute Gasteiger partial charge is 0.170 e. The van der Waals surface area contributed by atoms with E-state index in [1.807, 2.05) is 24.3 Å². The van der Waals surface area contributed by atoms with Crippen LogP contribution in [-0.4, -0.2) is 24.1 Å². The number of oxime groups is 1. The number of anilines is 1. The van der Waals surface area contributed by atoms with Crippen LogP contribution >= 0.6 is 0 Å². The van der Waals surface area contributed by atoms with Crippen LogP contribution in [0.2, 0.25) is 0 Å². The second kappa shape index (κ2) is 4.88. The number of benzene rings is 1. The third kappa shape index (κ3) is 2.27. The number of nitrogens with zero attached hydrogens (tertiary/aromatic N) is 2. The van der Waals surface area contributed by atoms with Crippen molar-refractivity contribution in [3.8, 4) is 0 Å². The molecule has 4 heteroatoms. The van der Waals surface area contributed by atoms with Crippen LogP contribution in [0.1, 0.15) is 24.8 Å². The first kappa shape index (κ1) is 10.8. The summed E-state index contributed by atoms with van der Waals surface area (Å²) in [6, 6.07) is 7.83. The van der Waals surface area contributed by atoms with Crippen molar-refractivity contribution in [2.45, 2.75) is 19.3 Å². The zero-order valence-electron chi connectivity index (χ0n) is 9.26. The van der Waals surface area contributed by atoms with Gasteiger partial charge in [0.1, 0.15) is 0 Å². The van der Waals surface area contributed by atoms with E-state index < -0.39 is 0 Å². The standard InChI is InChI=1S/C12H17N3O/c13-12(14-16)10-4-6-11(7-5-10)15-8-2-1-3-9-15/h4-7,16H,1-3,8-9H2,(H2,13,14). The Morgan fingerprint density at radius 1 is 1.12 bits per heavy atom. The lowest BCUT2D eigenvalue weighted by atomic mass is 10.1. The van der Waals surface area contributed by atoms with Crippen LogP contribution in [0.5, 0.6) is 0 Å². The van der Waals surface area contributed by atoms with Crippen LogP contribution in [0.3, 0.4) is 0 Å². The Morgan fingerprint density at radius 3 is 2.31 bits per heavy atom. The maximum absolute atomic E-state index is 8.56. The highest BCUT2D eigenvalue weighted by Gasteiger charge is 2.10. The zero-order valence-corrected chi connectivity index (χ0v) is 9.26. The van der Waals surface area contributed by atoms with E-state index in [1.165, 1.54) is 24.9 Å². The summed E-state index contributed by atoms with van der Waals surface area (Å²) in [5.74, 6) is 0.158. The van der Waals surface area contributed by atoms with Crippen molar-refractivity contribution in [3.63, 3.8) is 0 Å². The molecule has 1 aliphatic rings. The van der Waals surface area contributed by atoms with Gasteiger partial charge in [0.25, 0.3) is 0 Å². The van der Waals surface area contributed by atoms with Gasteiger partial charge in [0.15, 0.2) is 5.84 Å². The molecule has 0 aliphatic carbocycles. The molecule has 16 heavy (non-hydrogen) atoms. The molecule has 1 aromatic rings.